The Bertz CT molecular complexity index is 616. The molecule has 2 aliphatic rings. The molecule has 1 aromatic rings. The quantitative estimate of drug-likeness (QED) is 0.748. The first kappa shape index (κ1) is 18.2. The Morgan fingerprint density at radius 2 is 1.88 bits per heavy atom. The van der Waals surface area contributed by atoms with Gasteiger partial charge in [0.15, 0.2) is 0 Å². The molecular weight excluding hydrogens is 341 g/mol. The van der Waals surface area contributed by atoms with Crippen LogP contribution in [-0.2, 0) is 9.59 Å². The first-order valence-corrected chi connectivity index (χ1v) is 9.77. The normalized spacial score (nSPS) is 18.2. The van der Waals surface area contributed by atoms with E-state index in [1.54, 1.807) is 18.2 Å². The summed E-state index contributed by atoms with van der Waals surface area (Å²) in [6.45, 7) is 3.18. The summed E-state index contributed by atoms with van der Waals surface area (Å²) in [5.74, 6) is 0.525. The zero-order chi connectivity index (χ0) is 17.6. The molecular formula is C18H24FN3O2S. The van der Waals surface area contributed by atoms with Gasteiger partial charge in [0.1, 0.15) is 5.82 Å². The molecule has 1 aliphatic carbocycles. The topological polar surface area (TPSA) is 52.7 Å². The number of thioether (sulfide) groups is 1. The summed E-state index contributed by atoms with van der Waals surface area (Å²) in [6, 6.07) is 7.02. The number of hydrogen-bond acceptors (Lipinski definition) is 4. The Labute approximate surface area is 151 Å². The molecule has 0 atom stereocenters. The van der Waals surface area contributed by atoms with Crippen molar-refractivity contribution < 1.29 is 14.0 Å². The van der Waals surface area contributed by atoms with Gasteiger partial charge in [0.2, 0.25) is 11.8 Å². The number of halogens is 1. The van der Waals surface area contributed by atoms with Gasteiger partial charge in [-0.2, -0.15) is 0 Å². The van der Waals surface area contributed by atoms with Gasteiger partial charge in [-0.05, 0) is 25.0 Å². The fourth-order valence-electron chi connectivity index (χ4n) is 2.83. The largest absolute Gasteiger partial charge is 0.352 e. The van der Waals surface area contributed by atoms with E-state index in [1.165, 1.54) is 17.8 Å². The molecule has 136 valence electrons. The SMILES string of the molecule is O=C(CN1CCN(C(=O)CCSc2ccccc2F)CC1)NC1CC1. The molecule has 0 spiro atoms. The van der Waals surface area contributed by atoms with Crippen molar-refractivity contribution in [2.45, 2.75) is 30.2 Å². The lowest BCUT2D eigenvalue weighted by Gasteiger charge is -2.34. The van der Waals surface area contributed by atoms with Gasteiger partial charge in [-0.3, -0.25) is 14.5 Å². The van der Waals surface area contributed by atoms with Crippen LogP contribution in [0.2, 0.25) is 0 Å². The minimum atomic E-state index is -0.238. The average Bonchev–Trinajstić information content (AvgIpc) is 3.41. The van der Waals surface area contributed by atoms with Crippen LogP contribution in [0, 0.1) is 5.82 Å². The van der Waals surface area contributed by atoms with Gasteiger partial charge < -0.3 is 10.2 Å². The lowest BCUT2D eigenvalue weighted by molar-refractivity contribution is -0.132. The summed E-state index contributed by atoms with van der Waals surface area (Å²) in [5, 5.41) is 2.99. The molecule has 1 aromatic carbocycles. The van der Waals surface area contributed by atoms with Crippen LogP contribution in [0.25, 0.3) is 0 Å². The first-order chi connectivity index (χ1) is 12.1. The summed E-state index contributed by atoms with van der Waals surface area (Å²) in [4.78, 5) is 28.6. The second-order valence-corrected chi connectivity index (χ2v) is 7.66. The minimum absolute atomic E-state index is 0.0866. The molecule has 1 saturated heterocycles. The molecule has 2 amide bonds. The van der Waals surface area contributed by atoms with Crippen LogP contribution >= 0.6 is 11.8 Å². The molecule has 0 bridgehead atoms. The molecule has 0 radical (unpaired) electrons. The molecule has 1 N–H and O–H groups in total. The van der Waals surface area contributed by atoms with Gasteiger partial charge in [0.05, 0.1) is 6.54 Å². The Morgan fingerprint density at radius 1 is 1.16 bits per heavy atom. The summed E-state index contributed by atoms with van der Waals surface area (Å²) in [5.41, 5.74) is 0. The van der Waals surface area contributed by atoms with E-state index in [2.05, 4.69) is 10.2 Å². The summed E-state index contributed by atoms with van der Waals surface area (Å²) in [7, 11) is 0. The van der Waals surface area contributed by atoms with Gasteiger partial charge in [0, 0.05) is 49.3 Å². The maximum atomic E-state index is 13.5. The predicted molar refractivity (Wildman–Crippen MR) is 95.9 cm³/mol. The molecule has 2 fully saturated rings. The Morgan fingerprint density at radius 3 is 2.56 bits per heavy atom. The van der Waals surface area contributed by atoms with Crippen LogP contribution in [-0.4, -0.2) is 66.1 Å². The van der Waals surface area contributed by atoms with Gasteiger partial charge in [-0.1, -0.05) is 12.1 Å². The first-order valence-electron chi connectivity index (χ1n) is 8.78. The number of benzene rings is 1. The van der Waals surface area contributed by atoms with E-state index < -0.39 is 0 Å². The van der Waals surface area contributed by atoms with Crippen LogP contribution < -0.4 is 5.32 Å². The third kappa shape index (κ3) is 5.71. The van der Waals surface area contributed by atoms with Crippen LogP contribution in [0.5, 0.6) is 0 Å². The Kier molecular flexibility index (Phi) is 6.31. The highest BCUT2D eigenvalue weighted by atomic mass is 32.2. The van der Waals surface area contributed by atoms with Crippen molar-refractivity contribution in [1.29, 1.82) is 0 Å². The lowest BCUT2D eigenvalue weighted by atomic mass is 10.3. The third-order valence-corrected chi connectivity index (χ3v) is 5.50. The van der Waals surface area contributed by atoms with E-state index in [0.29, 0.717) is 42.7 Å². The van der Waals surface area contributed by atoms with Gasteiger partial charge in [0.25, 0.3) is 0 Å². The summed E-state index contributed by atoms with van der Waals surface area (Å²) >= 11 is 1.37. The van der Waals surface area contributed by atoms with E-state index in [0.717, 1.165) is 25.9 Å². The highest BCUT2D eigenvalue weighted by molar-refractivity contribution is 7.99. The number of rotatable bonds is 7. The highest BCUT2D eigenvalue weighted by Crippen LogP contribution is 2.22. The standard InChI is InChI=1S/C18H24FN3O2S/c19-15-3-1-2-4-16(15)25-12-7-18(24)22-10-8-21(9-11-22)13-17(23)20-14-5-6-14/h1-4,14H,5-13H2,(H,20,23). The molecule has 25 heavy (non-hydrogen) atoms. The Balaban J connectivity index is 1.33. The average molecular weight is 365 g/mol. The number of piperazine rings is 1. The zero-order valence-corrected chi connectivity index (χ0v) is 15.1. The Hall–Kier alpha value is -1.60. The van der Waals surface area contributed by atoms with Crippen LogP contribution in [0.1, 0.15) is 19.3 Å². The van der Waals surface area contributed by atoms with E-state index in [9.17, 15) is 14.0 Å². The minimum Gasteiger partial charge on any atom is -0.352 e. The van der Waals surface area contributed by atoms with E-state index in [1.807, 2.05) is 4.90 Å². The third-order valence-electron chi connectivity index (χ3n) is 4.44. The number of carbonyl (C=O) groups excluding carboxylic acids is 2. The van der Waals surface area contributed by atoms with Crippen molar-refractivity contribution in [3.8, 4) is 0 Å². The summed E-state index contributed by atoms with van der Waals surface area (Å²) in [6.07, 6.45) is 2.60. The van der Waals surface area contributed by atoms with Crippen molar-refractivity contribution in [2.75, 3.05) is 38.5 Å². The number of nitrogens with one attached hydrogen (secondary N) is 1. The second kappa shape index (κ2) is 8.67. The molecule has 5 nitrogen and oxygen atoms in total. The number of hydrogen-bond donors (Lipinski definition) is 1. The highest BCUT2D eigenvalue weighted by Gasteiger charge is 2.26. The molecule has 0 unspecified atom stereocenters. The predicted octanol–water partition coefficient (Wildman–Crippen LogP) is 1.73. The van der Waals surface area contributed by atoms with Crippen LogP contribution in [0.15, 0.2) is 29.2 Å². The number of nitrogens with zero attached hydrogens (tertiary/aromatic N) is 2. The smallest absolute Gasteiger partial charge is 0.234 e. The van der Waals surface area contributed by atoms with Crippen molar-refractivity contribution in [1.82, 2.24) is 15.1 Å². The van der Waals surface area contributed by atoms with Crippen LogP contribution in [0.3, 0.4) is 0 Å². The molecule has 1 saturated carbocycles. The van der Waals surface area contributed by atoms with Crippen LogP contribution in [0.4, 0.5) is 4.39 Å². The summed E-state index contributed by atoms with van der Waals surface area (Å²) < 4.78 is 13.5. The van der Waals surface area contributed by atoms with Gasteiger partial charge >= 0.3 is 0 Å². The van der Waals surface area contributed by atoms with Gasteiger partial charge in [-0.15, -0.1) is 11.8 Å². The van der Waals surface area contributed by atoms with Gasteiger partial charge in [-0.25, -0.2) is 4.39 Å². The molecule has 3 rings (SSSR count). The zero-order valence-electron chi connectivity index (χ0n) is 14.2. The van der Waals surface area contributed by atoms with E-state index in [4.69, 9.17) is 0 Å². The number of amides is 2. The fraction of sp³-hybridized carbons (Fsp3) is 0.556. The maximum absolute atomic E-state index is 13.5. The lowest BCUT2D eigenvalue weighted by Crippen LogP contribution is -2.51. The monoisotopic (exact) mass is 365 g/mol. The van der Waals surface area contributed by atoms with E-state index >= 15 is 0 Å². The van der Waals surface area contributed by atoms with Crippen molar-refractivity contribution in [3.05, 3.63) is 30.1 Å². The second-order valence-electron chi connectivity index (χ2n) is 6.53. The maximum Gasteiger partial charge on any atom is 0.234 e. The van der Waals surface area contributed by atoms with Crippen molar-refractivity contribution in [2.24, 2.45) is 0 Å². The van der Waals surface area contributed by atoms with Crippen molar-refractivity contribution in [3.63, 3.8) is 0 Å². The fourth-order valence-corrected chi connectivity index (χ4v) is 3.70. The van der Waals surface area contributed by atoms with Crippen molar-refractivity contribution >= 4 is 23.6 Å². The molecule has 1 heterocycles. The van der Waals surface area contributed by atoms with E-state index in [-0.39, 0.29) is 17.6 Å². The molecule has 7 heteroatoms. The number of carbonyl (C=O) groups is 2. The molecule has 0 aromatic heterocycles. The molecule has 1 aliphatic heterocycles.